The van der Waals surface area contributed by atoms with Gasteiger partial charge in [0.15, 0.2) is 0 Å². The first-order chi connectivity index (χ1) is 15.0. The molecule has 4 heterocycles. The number of carbonyl (C=O) groups excluding carboxylic acids is 2. The summed E-state index contributed by atoms with van der Waals surface area (Å²) in [6.45, 7) is 7.32. The maximum absolute atomic E-state index is 13.6. The second-order valence-electron chi connectivity index (χ2n) is 8.75. The summed E-state index contributed by atoms with van der Waals surface area (Å²) < 4.78 is 5.33. The van der Waals surface area contributed by atoms with Crippen molar-refractivity contribution in [2.24, 2.45) is 5.92 Å². The van der Waals surface area contributed by atoms with Crippen molar-refractivity contribution < 1.29 is 14.0 Å². The lowest BCUT2D eigenvalue weighted by Gasteiger charge is -2.42. The van der Waals surface area contributed by atoms with Gasteiger partial charge in [-0.25, -0.2) is 4.79 Å². The fourth-order valence-corrected chi connectivity index (χ4v) is 4.49. The van der Waals surface area contributed by atoms with Crippen molar-refractivity contribution in [1.29, 1.82) is 0 Å². The number of carbonyl (C=O) groups is 2. The quantitative estimate of drug-likeness (QED) is 0.637. The molecule has 3 amide bonds. The van der Waals surface area contributed by atoms with Crippen molar-refractivity contribution in [3.8, 4) is 0 Å². The Bertz CT molecular complexity index is 916. The number of likely N-dealkylation sites (tertiary alicyclic amines) is 1. The van der Waals surface area contributed by atoms with Crippen LogP contribution in [0.1, 0.15) is 38.1 Å². The minimum absolute atomic E-state index is 0.0745. The van der Waals surface area contributed by atoms with Crippen LogP contribution in [0.25, 0.3) is 6.08 Å². The Labute approximate surface area is 183 Å². The Balaban J connectivity index is 1.47. The van der Waals surface area contributed by atoms with Gasteiger partial charge in [0.2, 0.25) is 0 Å². The number of imide groups is 1. The number of amides is 3. The minimum atomic E-state index is -0.739. The van der Waals surface area contributed by atoms with Crippen LogP contribution in [-0.2, 0) is 11.3 Å². The van der Waals surface area contributed by atoms with Gasteiger partial charge in [0, 0.05) is 32.4 Å². The molecular formula is C24H30N4O3. The molecule has 0 radical (unpaired) electrons. The van der Waals surface area contributed by atoms with Crippen molar-refractivity contribution in [3.63, 3.8) is 0 Å². The summed E-state index contributed by atoms with van der Waals surface area (Å²) in [5.74, 6) is 1.05. The zero-order chi connectivity index (χ0) is 21.8. The van der Waals surface area contributed by atoms with Crippen LogP contribution in [0, 0.1) is 5.92 Å². The number of pyridine rings is 1. The van der Waals surface area contributed by atoms with E-state index < -0.39 is 5.54 Å². The predicted octanol–water partition coefficient (Wildman–Crippen LogP) is 3.64. The van der Waals surface area contributed by atoms with E-state index >= 15 is 0 Å². The maximum atomic E-state index is 13.6. The average molecular weight is 423 g/mol. The van der Waals surface area contributed by atoms with Gasteiger partial charge in [-0.1, -0.05) is 26.0 Å². The van der Waals surface area contributed by atoms with Crippen LogP contribution in [0.15, 0.2) is 53.3 Å². The van der Waals surface area contributed by atoms with Crippen molar-refractivity contribution in [2.75, 3.05) is 26.2 Å². The number of rotatable bonds is 7. The number of hydrogen-bond donors (Lipinski definition) is 0. The number of aromatic nitrogens is 1. The molecule has 2 fully saturated rings. The van der Waals surface area contributed by atoms with E-state index in [9.17, 15) is 9.59 Å². The van der Waals surface area contributed by atoms with E-state index in [1.54, 1.807) is 12.5 Å². The topological polar surface area (TPSA) is 69.9 Å². The van der Waals surface area contributed by atoms with Gasteiger partial charge in [-0.2, -0.15) is 0 Å². The molecular weight excluding hydrogens is 392 g/mol. The van der Waals surface area contributed by atoms with Crippen LogP contribution in [0.2, 0.25) is 0 Å². The molecule has 2 saturated heterocycles. The molecule has 4 rings (SSSR count). The van der Waals surface area contributed by atoms with Gasteiger partial charge in [-0.15, -0.1) is 0 Å². The summed E-state index contributed by atoms with van der Waals surface area (Å²) in [6.07, 6.45) is 8.70. The molecule has 7 nitrogen and oxygen atoms in total. The second kappa shape index (κ2) is 9.06. The normalized spacial score (nSPS) is 19.5. The number of urea groups is 1. The molecule has 164 valence electrons. The average Bonchev–Trinajstić information content (AvgIpc) is 3.35. The van der Waals surface area contributed by atoms with Crippen molar-refractivity contribution in [3.05, 3.63) is 60.3 Å². The molecule has 1 spiro atoms. The van der Waals surface area contributed by atoms with Gasteiger partial charge in [0.1, 0.15) is 11.3 Å². The third-order valence-corrected chi connectivity index (χ3v) is 6.09. The third-order valence-electron chi connectivity index (χ3n) is 6.09. The van der Waals surface area contributed by atoms with Crippen LogP contribution in [0.5, 0.6) is 0 Å². The number of hydrogen-bond acceptors (Lipinski definition) is 5. The van der Waals surface area contributed by atoms with Crippen LogP contribution in [0.4, 0.5) is 4.79 Å². The molecule has 0 N–H and O–H groups in total. The summed E-state index contributed by atoms with van der Waals surface area (Å²) in [5.41, 5.74) is -0.0107. The van der Waals surface area contributed by atoms with E-state index in [0.29, 0.717) is 19.4 Å². The molecule has 2 aromatic heterocycles. The van der Waals surface area contributed by atoms with E-state index in [1.165, 1.54) is 4.90 Å². The van der Waals surface area contributed by atoms with Gasteiger partial charge < -0.3 is 9.32 Å². The fraction of sp³-hybridized carbons (Fsp3) is 0.458. The highest BCUT2D eigenvalue weighted by atomic mass is 16.3. The molecule has 7 heteroatoms. The fourth-order valence-electron chi connectivity index (χ4n) is 4.49. The highest BCUT2D eigenvalue weighted by Crippen LogP contribution is 2.38. The Kier molecular flexibility index (Phi) is 6.23. The minimum Gasteiger partial charge on any atom is -0.465 e. The molecule has 2 aliphatic rings. The van der Waals surface area contributed by atoms with Crippen LogP contribution < -0.4 is 0 Å². The first-order valence-electron chi connectivity index (χ1n) is 11.0. The number of piperidine rings is 1. The molecule has 0 bridgehead atoms. The summed E-state index contributed by atoms with van der Waals surface area (Å²) in [7, 11) is 0. The van der Waals surface area contributed by atoms with Gasteiger partial charge in [0.05, 0.1) is 18.5 Å². The first-order valence-corrected chi connectivity index (χ1v) is 11.0. The standard InChI is InChI=1S/C24H30N4O3/c1-19(2)17-28-23(30)27(18-20-7-3-4-12-25-20)22(29)24(28)10-14-26(15-11-24)13-5-8-21-9-6-16-31-21/h3-9,12,16,19H,10-11,13-15,17-18H2,1-2H3. The lowest BCUT2D eigenvalue weighted by Crippen LogP contribution is -2.57. The van der Waals surface area contributed by atoms with E-state index in [0.717, 1.165) is 31.1 Å². The third kappa shape index (κ3) is 4.42. The van der Waals surface area contributed by atoms with Crippen LogP contribution in [-0.4, -0.2) is 63.3 Å². The van der Waals surface area contributed by atoms with Crippen LogP contribution in [0.3, 0.4) is 0 Å². The van der Waals surface area contributed by atoms with Crippen molar-refractivity contribution >= 4 is 18.0 Å². The molecule has 0 aliphatic carbocycles. The Morgan fingerprint density at radius 1 is 1.16 bits per heavy atom. The largest absolute Gasteiger partial charge is 0.465 e. The molecule has 2 aromatic rings. The smallest absolute Gasteiger partial charge is 0.328 e. The van der Waals surface area contributed by atoms with Gasteiger partial charge >= 0.3 is 6.03 Å². The first kappa shape index (κ1) is 21.3. The Hall–Kier alpha value is -2.93. The van der Waals surface area contributed by atoms with E-state index in [2.05, 4.69) is 29.8 Å². The summed E-state index contributed by atoms with van der Waals surface area (Å²) in [6, 6.07) is 9.17. The molecule has 0 unspecified atom stereocenters. The van der Waals surface area contributed by atoms with Crippen molar-refractivity contribution in [1.82, 2.24) is 19.7 Å². The van der Waals surface area contributed by atoms with Gasteiger partial charge in [0.25, 0.3) is 5.91 Å². The zero-order valence-electron chi connectivity index (χ0n) is 18.2. The monoisotopic (exact) mass is 422 g/mol. The second-order valence-corrected chi connectivity index (χ2v) is 8.75. The Morgan fingerprint density at radius 3 is 2.61 bits per heavy atom. The highest BCUT2D eigenvalue weighted by Gasteiger charge is 2.57. The molecule has 31 heavy (non-hydrogen) atoms. The lowest BCUT2D eigenvalue weighted by atomic mass is 9.85. The number of furan rings is 1. The molecule has 0 saturated carbocycles. The van der Waals surface area contributed by atoms with E-state index in [-0.39, 0.29) is 24.4 Å². The van der Waals surface area contributed by atoms with Crippen LogP contribution >= 0.6 is 0 Å². The SMILES string of the molecule is CC(C)CN1C(=O)N(Cc2ccccn2)C(=O)C12CCN(CC=Cc1ccco1)CC2. The molecule has 0 aromatic carbocycles. The van der Waals surface area contributed by atoms with E-state index in [4.69, 9.17) is 4.42 Å². The van der Waals surface area contributed by atoms with E-state index in [1.807, 2.05) is 41.3 Å². The zero-order valence-corrected chi connectivity index (χ0v) is 18.2. The van der Waals surface area contributed by atoms with Gasteiger partial charge in [-0.3, -0.25) is 19.6 Å². The van der Waals surface area contributed by atoms with Crippen molar-refractivity contribution in [2.45, 2.75) is 38.8 Å². The molecule has 2 aliphatic heterocycles. The summed E-state index contributed by atoms with van der Waals surface area (Å²) in [4.78, 5) is 36.7. The summed E-state index contributed by atoms with van der Waals surface area (Å²) in [5, 5.41) is 0. The number of nitrogens with zero attached hydrogens (tertiary/aromatic N) is 4. The lowest BCUT2D eigenvalue weighted by molar-refractivity contribution is -0.136. The van der Waals surface area contributed by atoms with Gasteiger partial charge in [-0.05, 0) is 49.1 Å². The Morgan fingerprint density at radius 2 is 1.97 bits per heavy atom. The summed E-state index contributed by atoms with van der Waals surface area (Å²) >= 11 is 0. The highest BCUT2D eigenvalue weighted by molar-refractivity contribution is 6.07. The molecule has 0 atom stereocenters. The maximum Gasteiger partial charge on any atom is 0.328 e. The predicted molar refractivity (Wildman–Crippen MR) is 118 cm³/mol.